The predicted octanol–water partition coefficient (Wildman–Crippen LogP) is 2.65. The van der Waals surface area contributed by atoms with Gasteiger partial charge in [-0.1, -0.05) is 38.3 Å². The molecule has 3 fully saturated rings. The van der Waals surface area contributed by atoms with Crippen molar-refractivity contribution in [3.8, 4) is 0 Å². The average Bonchev–Trinajstić information content (AvgIpc) is 3.15. The molecule has 34 heavy (non-hydrogen) atoms. The van der Waals surface area contributed by atoms with Crippen LogP contribution in [0.1, 0.15) is 86.6 Å². The van der Waals surface area contributed by atoms with Gasteiger partial charge >= 0.3 is 0 Å². The average molecular weight is 472 g/mol. The first-order valence-corrected chi connectivity index (χ1v) is 13.2. The summed E-state index contributed by atoms with van der Waals surface area (Å²) in [7, 11) is 0. The minimum atomic E-state index is -1.19. The van der Waals surface area contributed by atoms with E-state index in [1.165, 1.54) is 19.3 Å². The quantitative estimate of drug-likeness (QED) is 0.513. The normalized spacial score (nSPS) is 28.6. The van der Waals surface area contributed by atoms with Gasteiger partial charge in [0.2, 0.25) is 5.91 Å². The van der Waals surface area contributed by atoms with Crippen molar-refractivity contribution in [1.82, 2.24) is 9.80 Å². The van der Waals surface area contributed by atoms with Crippen LogP contribution in [0.5, 0.6) is 0 Å². The monoisotopic (exact) mass is 471 g/mol. The summed E-state index contributed by atoms with van der Waals surface area (Å²) in [5.41, 5.74) is 7.13. The van der Waals surface area contributed by atoms with Gasteiger partial charge in [-0.2, -0.15) is 0 Å². The minimum Gasteiger partial charge on any atom is -0.396 e. The first kappa shape index (κ1) is 25.1. The number of likely N-dealkylation sites (N-methyl/N-ethyl adjacent to an activating group) is 1. The van der Waals surface area contributed by atoms with Gasteiger partial charge in [0, 0.05) is 43.1 Å². The molecule has 0 radical (unpaired) electrons. The lowest BCUT2D eigenvalue weighted by molar-refractivity contribution is -0.148. The van der Waals surface area contributed by atoms with Crippen molar-refractivity contribution in [2.75, 3.05) is 19.7 Å². The largest absolute Gasteiger partial charge is 0.396 e. The molecule has 2 aliphatic heterocycles. The first-order chi connectivity index (χ1) is 16.4. The molecular weight excluding hydrogens is 430 g/mol. The van der Waals surface area contributed by atoms with Crippen molar-refractivity contribution in [1.29, 1.82) is 0 Å². The van der Waals surface area contributed by atoms with Crippen LogP contribution in [0.2, 0.25) is 0 Å². The Hall–Kier alpha value is -1.96. The van der Waals surface area contributed by atoms with Crippen LogP contribution in [-0.4, -0.2) is 75.8 Å². The molecule has 0 spiro atoms. The first-order valence-electron chi connectivity index (χ1n) is 13.2. The third-order valence-corrected chi connectivity index (χ3v) is 8.50. The molecule has 2 heterocycles. The molecule has 2 saturated heterocycles. The maximum Gasteiger partial charge on any atom is 0.251 e. The Balaban J connectivity index is 1.73. The van der Waals surface area contributed by atoms with E-state index in [2.05, 4.69) is 17.9 Å². The fourth-order valence-electron chi connectivity index (χ4n) is 6.90. The molecule has 188 valence electrons. The van der Waals surface area contributed by atoms with Crippen LogP contribution in [0.3, 0.4) is 0 Å². The van der Waals surface area contributed by atoms with E-state index in [0.29, 0.717) is 24.1 Å². The van der Waals surface area contributed by atoms with Gasteiger partial charge in [0.05, 0.1) is 6.04 Å². The highest BCUT2D eigenvalue weighted by Crippen LogP contribution is 2.46. The lowest BCUT2D eigenvalue weighted by Crippen LogP contribution is -2.61. The van der Waals surface area contributed by atoms with Gasteiger partial charge in [-0.25, -0.2) is 0 Å². The van der Waals surface area contributed by atoms with E-state index in [0.717, 1.165) is 44.2 Å². The highest BCUT2D eigenvalue weighted by Gasteiger charge is 2.51. The molecule has 4 N–H and O–H groups in total. The second-order valence-corrected chi connectivity index (χ2v) is 10.5. The number of benzene rings is 1. The molecule has 4 unspecified atom stereocenters. The number of amides is 2. The third kappa shape index (κ3) is 5.16. The minimum absolute atomic E-state index is 0.0549. The lowest BCUT2D eigenvalue weighted by atomic mass is 9.78. The van der Waals surface area contributed by atoms with Crippen LogP contribution in [-0.2, 0) is 4.79 Å². The highest BCUT2D eigenvalue weighted by molar-refractivity contribution is 5.93. The summed E-state index contributed by atoms with van der Waals surface area (Å²) in [5, 5.41) is 20.1. The van der Waals surface area contributed by atoms with Crippen molar-refractivity contribution in [3.05, 3.63) is 35.4 Å². The number of aliphatic hydroxyl groups is 2. The van der Waals surface area contributed by atoms with E-state index in [-0.39, 0.29) is 36.9 Å². The van der Waals surface area contributed by atoms with Gasteiger partial charge in [0.1, 0.15) is 6.10 Å². The number of rotatable bonds is 9. The maximum absolute atomic E-state index is 13.7. The van der Waals surface area contributed by atoms with Gasteiger partial charge in [-0.05, 0) is 62.3 Å². The lowest BCUT2D eigenvalue weighted by Gasteiger charge is -2.50. The predicted molar refractivity (Wildman–Crippen MR) is 131 cm³/mol. The van der Waals surface area contributed by atoms with Crippen LogP contribution in [0.4, 0.5) is 0 Å². The SMILES string of the molecule is CCN1C2CCC1C(N(CC1CCCCC1)C(=O)[C@@H](O)CCO)C(c1cccc(C(N)=O)c1)C2. The van der Waals surface area contributed by atoms with Crippen molar-refractivity contribution in [2.24, 2.45) is 11.7 Å². The molecule has 1 saturated carbocycles. The number of nitrogens with zero attached hydrogens (tertiary/aromatic N) is 2. The van der Waals surface area contributed by atoms with Gasteiger partial charge in [-0.3, -0.25) is 14.5 Å². The standard InChI is InChI=1S/C27H41N3O4/c1-2-29-21-11-12-23(29)25(22(16-21)19-9-6-10-20(15-19)26(28)33)30(27(34)24(32)13-14-31)17-18-7-4-3-5-8-18/h6,9-10,15,18,21-25,31-32H,2-5,7-8,11-14,16-17H2,1H3,(H2,28,33)/t21?,22?,23?,24-,25?/m0/s1. The summed E-state index contributed by atoms with van der Waals surface area (Å²) in [4.78, 5) is 30.1. The van der Waals surface area contributed by atoms with Gasteiger partial charge < -0.3 is 20.8 Å². The van der Waals surface area contributed by atoms with E-state index in [4.69, 9.17) is 5.73 Å². The van der Waals surface area contributed by atoms with Crippen LogP contribution < -0.4 is 5.73 Å². The molecule has 1 aromatic rings. The Morgan fingerprint density at radius 1 is 1.18 bits per heavy atom. The number of aliphatic hydroxyl groups excluding tert-OH is 2. The number of primary amides is 1. The zero-order chi connectivity index (χ0) is 24.2. The Morgan fingerprint density at radius 2 is 1.94 bits per heavy atom. The summed E-state index contributed by atoms with van der Waals surface area (Å²) < 4.78 is 0. The molecule has 0 aromatic heterocycles. The second-order valence-electron chi connectivity index (χ2n) is 10.5. The molecule has 2 bridgehead atoms. The van der Waals surface area contributed by atoms with E-state index < -0.39 is 12.0 Å². The number of piperidine rings is 1. The van der Waals surface area contributed by atoms with Crippen LogP contribution in [0, 0.1) is 5.92 Å². The summed E-state index contributed by atoms with van der Waals surface area (Å²) in [6.07, 6.45) is 7.75. The fourth-order valence-corrected chi connectivity index (χ4v) is 6.90. The molecule has 1 aromatic carbocycles. The Morgan fingerprint density at radius 3 is 2.62 bits per heavy atom. The van der Waals surface area contributed by atoms with Crippen molar-refractivity contribution in [3.63, 3.8) is 0 Å². The highest BCUT2D eigenvalue weighted by atomic mass is 16.3. The topological polar surface area (TPSA) is 107 Å². The Labute approximate surface area is 203 Å². The fraction of sp³-hybridized carbons (Fsp3) is 0.704. The van der Waals surface area contributed by atoms with Crippen molar-refractivity contribution < 1.29 is 19.8 Å². The zero-order valence-electron chi connectivity index (χ0n) is 20.4. The molecule has 2 amide bonds. The number of carbonyl (C=O) groups excluding carboxylic acids is 2. The number of fused-ring (bicyclic) bond motifs is 2. The van der Waals surface area contributed by atoms with Gasteiger partial charge in [-0.15, -0.1) is 0 Å². The van der Waals surface area contributed by atoms with Crippen LogP contribution in [0.25, 0.3) is 0 Å². The maximum atomic E-state index is 13.7. The van der Waals surface area contributed by atoms with E-state index in [9.17, 15) is 19.8 Å². The van der Waals surface area contributed by atoms with Crippen molar-refractivity contribution in [2.45, 2.75) is 94.9 Å². The molecule has 7 heteroatoms. The molecule has 7 nitrogen and oxygen atoms in total. The van der Waals surface area contributed by atoms with E-state index >= 15 is 0 Å². The van der Waals surface area contributed by atoms with Crippen molar-refractivity contribution >= 4 is 11.8 Å². The van der Waals surface area contributed by atoms with E-state index in [1.54, 1.807) is 6.07 Å². The molecule has 5 atom stereocenters. The summed E-state index contributed by atoms with van der Waals surface area (Å²) in [6.45, 7) is 3.55. The number of hydrogen-bond donors (Lipinski definition) is 3. The Kier molecular flexibility index (Phi) is 8.27. The van der Waals surface area contributed by atoms with Crippen LogP contribution in [0.15, 0.2) is 24.3 Å². The summed E-state index contributed by atoms with van der Waals surface area (Å²) in [5.74, 6) is -0.192. The van der Waals surface area contributed by atoms with Gasteiger partial charge in [0.25, 0.3) is 5.91 Å². The molecule has 4 rings (SSSR count). The molecule has 3 aliphatic rings. The number of carbonyl (C=O) groups is 2. The third-order valence-electron chi connectivity index (χ3n) is 8.50. The van der Waals surface area contributed by atoms with Gasteiger partial charge in [0.15, 0.2) is 0 Å². The zero-order valence-corrected chi connectivity index (χ0v) is 20.4. The summed E-state index contributed by atoms with van der Waals surface area (Å²) >= 11 is 0. The summed E-state index contributed by atoms with van der Waals surface area (Å²) in [6, 6.07) is 8.18. The Bertz CT molecular complexity index is 856. The van der Waals surface area contributed by atoms with E-state index in [1.807, 2.05) is 17.0 Å². The number of hydrogen-bond acceptors (Lipinski definition) is 5. The molecule has 1 aliphatic carbocycles. The molecular formula is C27H41N3O4. The van der Waals surface area contributed by atoms with Crippen LogP contribution >= 0.6 is 0 Å². The second kappa shape index (κ2) is 11.2. The smallest absolute Gasteiger partial charge is 0.251 e. The number of nitrogens with two attached hydrogens (primary N) is 1.